The molecule has 2 nitrogen and oxygen atoms in total. The predicted octanol–water partition coefficient (Wildman–Crippen LogP) is 4.56. The van der Waals surface area contributed by atoms with Crippen LogP contribution in [0.15, 0.2) is 42.5 Å². The molecule has 3 heteroatoms. The molecule has 3 aromatic rings. The molecule has 106 valence electrons. The molecular weight excluding hydrogens is 276 g/mol. The molecule has 0 unspecified atom stereocenters. The molecule has 0 amide bonds. The Hall–Kier alpha value is -1.71. The van der Waals surface area contributed by atoms with Crippen LogP contribution in [0.2, 0.25) is 0 Å². The van der Waals surface area contributed by atoms with Crippen LogP contribution in [-0.4, -0.2) is 12.0 Å². The van der Waals surface area contributed by atoms with Gasteiger partial charge in [0.05, 0.1) is 5.69 Å². The molecule has 0 radical (unpaired) electrons. The Morgan fingerprint density at radius 3 is 2.76 bits per heavy atom. The van der Waals surface area contributed by atoms with E-state index in [1.54, 1.807) is 0 Å². The third-order valence-corrected chi connectivity index (χ3v) is 5.15. The van der Waals surface area contributed by atoms with Gasteiger partial charge in [-0.1, -0.05) is 42.5 Å². The molecule has 4 rings (SSSR count). The van der Waals surface area contributed by atoms with Crippen molar-refractivity contribution in [3.05, 3.63) is 53.0 Å². The Kier molecular flexibility index (Phi) is 3.24. The normalized spacial score (nSPS) is 14.7. The molecule has 1 fully saturated rings. The van der Waals surface area contributed by atoms with Crippen molar-refractivity contribution < 1.29 is 0 Å². The summed E-state index contributed by atoms with van der Waals surface area (Å²) in [6.45, 7) is 0.925. The van der Waals surface area contributed by atoms with E-state index in [0.29, 0.717) is 5.92 Å². The molecule has 0 spiro atoms. The second-order valence-corrected chi connectivity index (χ2v) is 6.74. The van der Waals surface area contributed by atoms with Crippen molar-refractivity contribution in [3.63, 3.8) is 0 Å². The molecule has 21 heavy (non-hydrogen) atoms. The SMILES string of the molecule is CNCc1sc(-c2cccc3ccccc23)nc1C1CC1. The third kappa shape index (κ3) is 2.37. The number of aromatic nitrogens is 1. The van der Waals surface area contributed by atoms with Gasteiger partial charge in [-0.2, -0.15) is 0 Å². The molecule has 0 saturated heterocycles. The number of thiazole rings is 1. The smallest absolute Gasteiger partial charge is 0.124 e. The second-order valence-electron chi connectivity index (χ2n) is 5.66. The van der Waals surface area contributed by atoms with Gasteiger partial charge in [-0.25, -0.2) is 4.98 Å². The number of hydrogen-bond donors (Lipinski definition) is 1. The van der Waals surface area contributed by atoms with Gasteiger partial charge in [0.2, 0.25) is 0 Å². The van der Waals surface area contributed by atoms with Crippen molar-refractivity contribution in [3.8, 4) is 10.6 Å². The van der Waals surface area contributed by atoms with Crippen molar-refractivity contribution in [1.82, 2.24) is 10.3 Å². The van der Waals surface area contributed by atoms with Gasteiger partial charge < -0.3 is 5.32 Å². The first-order valence-corrected chi connectivity index (χ1v) is 8.31. The van der Waals surface area contributed by atoms with Crippen molar-refractivity contribution in [2.45, 2.75) is 25.3 Å². The lowest BCUT2D eigenvalue weighted by molar-refractivity contribution is 0.813. The molecule has 1 heterocycles. The van der Waals surface area contributed by atoms with Crippen LogP contribution < -0.4 is 5.32 Å². The summed E-state index contributed by atoms with van der Waals surface area (Å²) in [5, 5.41) is 7.03. The third-order valence-electron chi connectivity index (χ3n) is 4.05. The van der Waals surface area contributed by atoms with Crippen LogP contribution in [0, 0.1) is 0 Å². The van der Waals surface area contributed by atoms with Crippen LogP contribution in [0.4, 0.5) is 0 Å². The highest BCUT2D eigenvalue weighted by Gasteiger charge is 2.29. The van der Waals surface area contributed by atoms with Gasteiger partial charge in [-0.3, -0.25) is 0 Å². The van der Waals surface area contributed by atoms with Crippen molar-refractivity contribution in [1.29, 1.82) is 0 Å². The molecule has 1 aliphatic rings. The summed E-state index contributed by atoms with van der Waals surface area (Å²) in [6, 6.07) is 15.1. The summed E-state index contributed by atoms with van der Waals surface area (Å²) in [7, 11) is 2.01. The van der Waals surface area contributed by atoms with Crippen LogP contribution in [0.3, 0.4) is 0 Å². The van der Waals surface area contributed by atoms with E-state index in [2.05, 4.69) is 47.8 Å². The molecule has 1 N–H and O–H groups in total. The van der Waals surface area contributed by atoms with Gasteiger partial charge in [-0.15, -0.1) is 11.3 Å². The fourth-order valence-electron chi connectivity index (χ4n) is 2.85. The quantitative estimate of drug-likeness (QED) is 0.763. The van der Waals surface area contributed by atoms with Gasteiger partial charge >= 0.3 is 0 Å². The summed E-state index contributed by atoms with van der Waals surface area (Å²) in [5.74, 6) is 0.702. The Bertz CT molecular complexity index is 782. The highest BCUT2D eigenvalue weighted by molar-refractivity contribution is 7.15. The molecule has 2 aromatic carbocycles. The van der Waals surface area contributed by atoms with E-state index in [0.717, 1.165) is 6.54 Å². The zero-order valence-corrected chi connectivity index (χ0v) is 12.9. The minimum absolute atomic E-state index is 0.702. The van der Waals surface area contributed by atoms with Gasteiger partial charge in [0.15, 0.2) is 0 Å². The minimum Gasteiger partial charge on any atom is -0.315 e. The van der Waals surface area contributed by atoms with E-state index in [1.807, 2.05) is 18.4 Å². The van der Waals surface area contributed by atoms with E-state index in [-0.39, 0.29) is 0 Å². The van der Waals surface area contributed by atoms with E-state index in [4.69, 9.17) is 4.98 Å². The van der Waals surface area contributed by atoms with E-state index >= 15 is 0 Å². The summed E-state index contributed by atoms with van der Waals surface area (Å²) < 4.78 is 0. The molecule has 1 aromatic heterocycles. The van der Waals surface area contributed by atoms with E-state index in [1.165, 1.54) is 44.8 Å². The lowest BCUT2D eigenvalue weighted by atomic mass is 10.1. The number of hydrogen-bond acceptors (Lipinski definition) is 3. The first-order valence-electron chi connectivity index (χ1n) is 7.49. The Morgan fingerprint density at radius 2 is 1.95 bits per heavy atom. The fourth-order valence-corrected chi connectivity index (χ4v) is 4.05. The van der Waals surface area contributed by atoms with Crippen LogP contribution in [-0.2, 0) is 6.54 Å². The first kappa shape index (κ1) is 13.0. The number of benzene rings is 2. The lowest BCUT2D eigenvalue weighted by Crippen LogP contribution is -2.05. The Balaban J connectivity index is 1.86. The summed E-state index contributed by atoms with van der Waals surface area (Å²) >= 11 is 1.85. The van der Waals surface area contributed by atoms with Crippen LogP contribution >= 0.6 is 11.3 Å². The molecule has 0 atom stereocenters. The van der Waals surface area contributed by atoms with Crippen LogP contribution in [0.25, 0.3) is 21.3 Å². The topological polar surface area (TPSA) is 24.9 Å². The monoisotopic (exact) mass is 294 g/mol. The van der Waals surface area contributed by atoms with Crippen molar-refractivity contribution >= 4 is 22.1 Å². The number of rotatable bonds is 4. The summed E-state index contributed by atoms with van der Waals surface area (Å²) in [5.41, 5.74) is 2.60. The molecule has 0 bridgehead atoms. The minimum atomic E-state index is 0.702. The lowest BCUT2D eigenvalue weighted by Gasteiger charge is -2.03. The zero-order valence-electron chi connectivity index (χ0n) is 12.1. The highest BCUT2D eigenvalue weighted by Crippen LogP contribution is 2.44. The largest absolute Gasteiger partial charge is 0.315 e. The first-order chi connectivity index (χ1) is 10.4. The average Bonchev–Trinajstić information content (AvgIpc) is 3.28. The summed E-state index contributed by atoms with van der Waals surface area (Å²) in [4.78, 5) is 6.40. The van der Waals surface area contributed by atoms with Gasteiger partial charge in [0, 0.05) is 22.9 Å². The van der Waals surface area contributed by atoms with Crippen molar-refractivity contribution in [2.75, 3.05) is 7.05 Å². The second kappa shape index (κ2) is 5.24. The standard InChI is InChI=1S/C18H18N2S/c1-19-11-16-17(13-9-10-13)20-18(21-16)15-8-4-6-12-5-2-3-7-14(12)15/h2-8,13,19H,9-11H2,1H3. The maximum absolute atomic E-state index is 4.99. The fraction of sp³-hybridized carbons (Fsp3) is 0.278. The van der Waals surface area contributed by atoms with Gasteiger partial charge in [0.25, 0.3) is 0 Å². The zero-order chi connectivity index (χ0) is 14.2. The molecule has 0 aliphatic heterocycles. The number of nitrogens with one attached hydrogen (secondary N) is 1. The number of fused-ring (bicyclic) bond motifs is 1. The van der Waals surface area contributed by atoms with Crippen molar-refractivity contribution in [2.24, 2.45) is 0 Å². The van der Waals surface area contributed by atoms with E-state index < -0.39 is 0 Å². The van der Waals surface area contributed by atoms with Crippen LogP contribution in [0.1, 0.15) is 29.3 Å². The maximum Gasteiger partial charge on any atom is 0.124 e. The molecule has 1 saturated carbocycles. The van der Waals surface area contributed by atoms with Gasteiger partial charge in [0.1, 0.15) is 5.01 Å². The maximum atomic E-state index is 4.99. The van der Waals surface area contributed by atoms with E-state index in [9.17, 15) is 0 Å². The number of nitrogens with zero attached hydrogens (tertiary/aromatic N) is 1. The summed E-state index contributed by atoms with van der Waals surface area (Å²) in [6.07, 6.45) is 2.60. The molecule has 1 aliphatic carbocycles. The van der Waals surface area contributed by atoms with Gasteiger partial charge in [-0.05, 0) is 30.7 Å². The Labute approximate surface area is 128 Å². The Morgan fingerprint density at radius 1 is 1.14 bits per heavy atom. The van der Waals surface area contributed by atoms with Crippen LogP contribution in [0.5, 0.6) is 0 Å². The predicted molar refractivity (Wildman–Crippen MR) is 89.8 cm³/mol. The average molecular weight is 294 g/mol. The molecular formula is C18H18N2S. The highest BCUT2D eigenvalue weighted by atomic mass is 32.1.